The number of hydrogen-bond acceptors (Lipinski definition) is 2. The number of hydrogen-bond donors (Lipinski definition) is 0. The van der Waals surface area contributed by atoms with Crippen LogP contribution in [-0.4, -0.2) is 47.8 Å². The minimum absolute atomic E-state index is 0.147. The summed E-state index contributed by atoms with van der Waals surface area (Å²) in [6, 6.07) is 0. The molecule has 4 heteroatoms. The van der Waals surface area contributed by atoms with Gasteiger partial charge in [0.1, 0.15) is 0 Å². The third-order valence-corrected chi connectivity index (χ3v) is 5.04. The zero-order valence-corrected chi connectivity index (χ0v) is 13.6. The molecule has 2 rings (SSSR count). The van der Waals surface area contributed by atoms with E-state index in [1.807, 2.05) is 4.90 Å². The average molecular weight is 294 g/mol. The van der Waals surface area contributed by atoms with Gasteiger partial charge in [-0.25, -0.2) is 0 Å². The predicted octanol–water partition coefficient (Wildman–Crippen LogP) is 2.67. The van der Waals surface area contributed by atoms with Gasteiger partial charge in [-0.1, -0.05) is 20.3 Å². The smallest absolute Gasteiger partial charge is 0.225 e. The molecule has 0 aliphatic carbocycles. The van der Waals surface area contributed by atoms with E-state index in [2.05, 4.69) is 18.7 Å². The second-order valence-corrected chi connectivity index (χ2v) is 6.77. The summed E-state index contributed by atoms with van der Waals surface area (Å²) in [5.74, 6) is 1.51. The SMILES string of the molecule is CCCCC(=O)N1CCC(C(=O)N2CCC(C)CC2)CC1. The molecule has 2 fully saturated rings. The Bertz CT molecular complexity index is 354. The molecule has 0 radical (unpaired) electrons. The minimum atomic E-state index is 0.147. The number of rotatable bonds is 4. The van der Waals surface area contributed by atoms with Gasteiger partial charge in [0, 0.05) is 38.5 Å². The summed E-state index contributed by atoms with van der Waals surface area (Å²) in [5, 5.41) is 0. The van der Waals surface area contributed by atoms with Crippen molar-refractivity contribution in [3.63, 3.8) is 0 Å². The Morgan fingerprint density at radius 2 is 1.52 bits per heavy atom. The highest BCUT2D eigenvalue weighted by Crippen LogP contribution is 2.24. The van der Waals surface area contributed by atoms with Gasteiger partial charge < -0.3 is 9.80 Å². The van der Waals surface area contributed by atoms with Crippen LogP contribution in [0, 0.1) is 11.8 Å². The number of likely N-dealkylation sites (tertiary alicyclic amines) is 2. The van der Waals surface area contributed by atoms with Gasteiger partial charge in [-0.3, -0.25) is 9.59 Å². The first kappa shape index (κ1) is 16.3. The summed E-state index contributed by atoms with van der Waals surface area (Å²) < 4.78 is 0. The number of amides is 2. The van der Waals surface area contributed by atoms with E-state index in [-0.39, 0.29) is 11.8 Å². The quantitative estimate of drug-likeness (QED) is 0.800. The Kier molecular flexibility index (Phi) is 6.07. The predicted molar refractivity (Wildman–Crippen MR) is 83.8 cm³/mol. The maximum Gasteiger partial charge on any atom is 0.225 e. The fourth-order valence-corrected chi connectivity index (χ4v) is 3.35. The summed E-state index contributed by atoms with van der Waals surface area (Å²) in [4.78, 5) is 28.5. The molecule has 0 atom stereocenters. The zero-order chi connectivity index (χ0) is 15.2. The first-order valence-corrected chi connectivity index (χ1v) is 8.68. The number of unbranched alkanes of at least 4 members (excludes halogenated alkanes) is 1. The van der Waals surface area contributed by atoms with Crippen LogP contribution >= 0.6 is 0 Å². The van der Waals surface area contributed by atoms with Crippen molar-refractivity contribution in [3.05, 3.63) is 0 Å². The van der Waals surface area contributed by atoms with Crippen LogP contribution < -0.4 is 0 Å². The molecule has 120 valence electrons. The molecule has 2 heterocycles. The lowest BCUT2D eigenvalue weighted by atomic mass is 9.92. The molecule has 21 heavy (non-hydrogen) atoms. The first-order chi connectivity index (χ1) is 10.1. The van der Waals surface area contributed by atoms with Gasteiger partial charge in [-0.2, -0.15) is 0 Å². The Labute approximate surface area is 128 Å². The minimum Gasteiger partial charge on any atom is -0.343 e. The molecule has 0 saturated carbocycles. The van der Waals surface area contributed by atoms with Crippen LogP contribution in [-0.2, 0) is 9.59 Å². The average Bonchev–Trinajstić information content (AvgIpc) is 2.53. The fraction of sp³-hybridized carbons (Fsp3) is 0.882. The van der Waals surface area contributed by atoms with Crippen LogP contribution in [0.25, 0.3) is 0 Å². The van der Waals surface area contributed by atoms with E-state index in [9.17, 15) is 9.59 Å². The third-order valence-electron chi connectivity index (χ3n) is 5.04. The molecule has 0 spiro atoms. The van der Waals surface area contributed by atoms with Crippen molar-refractivity contribution in [2.75, 3.05) is 26.2 Å². The van der Waals surface area contributed by atoms with E-state index < -0.39 is 0 Å². The largest absolute Gasteiger partial charge is 0.343 e. The Morgan fingerprint density at radius 3 is 2.10 bits per heavy atom. The Balaban J connectivity index is 1.75. The second-order valence-electron chi connectivity index (χ2n) is 6.77. The highest BCUT2D eigenvalue weighted by molar-refractivity contribution is 5.80. The van der Waals surface area contributed by atoms with Crippen LogP contribution in [0.5, 0.6) is 0 Å². The van der Waals surface area contributed by atoms with E-state index >= 15 is 0 Å². The van der Waals surface area contributed by atoms with Gasteiger partial charge in [0.2, 0.25) is 11.8 Å². The first-order valence-electron chi connectivity index (χ1n) is 8.68. The maximum absolute atomic E-state index is 12.5. The molecule has 2 saturated heterocycles. The van der Waals surface area contributed by atoms with E-state index in [1.54, 1.807) is 0 Å². The summed E-state index contributed by atoms with van der Waals surface area (Å²) in [7, 11) is 0. The monoisotopic (exact) mass is 294 g/mol. The number of piperidine rings is 2. The van der Waals surface area contributed by atoms with Crippen molar-refractivity contribution < 1.29 is 9.59 Å². The molecule has 0 aromatic heterocycles. The van der Waals surface area contributed by atoms with Crippen molar-refractivity contribution >= 4 is 11.8 Å². The molecule has 0 aromatic carbocycles. The third kappa shape index (κ3) is 4.45. The van der Waals surface area contributed by atoms with Gasteiger partial charge in [0.05, 0.1) is 0 Å². The lowest BCUT2D eigenvalue weighted by molar-refractivity contribution is -0.141. The van der Waals surface area contributed by atoms with E-state index in [1.165, 1.54) is 0 Å². The van der Waals surface area contributed by atoms with Crippen LogP contribution in [0.1, 0.15) is 58.8 Å². The van der Waals surface area contributed by atoms with Gasteiger partial charge in [-0.15, -0.1) is 0 Å². The maximum atomic E-state index is 12.5. The van der Waals surface area contributed by atoms with Gasteiger partial charge in [0.15, 0.2) is 0 Å². The van der Waals surface area contributed by atoms with Crippen molar-refractivity contribution in [1.29, 1.82) is 0 Å². The van der Waals surface area contributed by atoms with E-state index in [4.69, 9.17) is 0 Å². The van der Waals surface area contributed by atoms with Crippen LogP contribution in [0.2, 0.25) is 0 Å². The molecular formula is C17H30N2O2. The molecule has 0 bridgehead atoms. The number of carbonyl (C=O) groups is 2. The van der Waals surface area contributed by atoms with Gasteiger partial charge >= 0.3 is 0 Å². The lowest BCUT2D eigenvalue weighted by Crippen LogP contribution is -2.46. The molecule has 4 nitrogen and oxygen atoms in total. The Hall–Kier alpha value is -1.06. The van der Waals surface area contributed by atoms with Gasteiger partial charge in [0.25, 0.3) is 0 Å². The second kappa shape index (κ2) is 7.81. The van der Waals surface area contributed by atoms with E-state index in [0.29, 0.717) is 12.3 Å². The highest BCUT2D eigenvalue weighted by atomic mass is 16.2. The Morgan fingerprint density at radius 1 is 0.952 bits per heavy atom. The van der Waals surface area contributed by atoms with E-state index in [0.717, 1.165) is 70.6 Å². The molecule has 2 aliphatic rings. The number of nitrogens with zero attached hydrogens (tertiary/aromatic N) is 2. The van der Waals surface area contributed by atoms with Crippen LogP contribution in [0.15, 0.2) is 0 Å². The normalized spacial score (nSPS) is 21.6. The van der Waals surface area contributed by atoms with Crippen molar-refractivity contribution in [2.45, 2.75) is 58.8 Å². The van der Waals surface area contributed by atoms with Crippen molar-refractivity contribution in [1.82, 2.24) is 9.80 Å². The summed E-state index contributed by atoms with van der Waals surface area (Å²) >= 11 is 0. The lowest BCUT2D eigenvalue weighted by Gasteiger charge is -2.36. The molecule has 0 unspecified atom stereocenters. The molecular weight excluding hydrogens is 264 g/mol. The van der Waals surface area contributed by atoms with Crippen LogP contribution in [0.3, 0.4) is 0 Å². The summed E-state index contributed by atoms with van der Waals surface area (Å²) in [5.41, 5.74) is 0. The number of carbonyl (C=O) groups excluding carboxylic acids is 2. The van der Waals surface area contributed by atoms with Gasteiger partial charge in [-0.05, 0) is 38.0 Å². The van der Waals surface area contributed by atoms with Crippen molar-refractivity contribution in [2.24, 2.45) is 11.8 Å². The summed E-state index contributed by atoms with van der Waals surface area (Å²) in [6.07, 6.45) is 6.68. The fourth-order valence-electron chi connectivity index (χ4n) is 3.35. The molecule has 0 N–H and O–H groups in total. The molecule has 2 amide bonds. The topological polar surface area (TPSA) is 40.6 Å². The molecule has 2 aliphatic heterocycles. The highest BCUT2D eigenvalue weighted by Gasteiger charge is 2.31. The van der Waals surface area contributed by atoms with Crippen molar-refractivity contribution in [3.8, 4) is 0 Å². The van der Waals surface area contributed by atoms with Crippen LogP contribution in [0.4, 0.5) is 0 Å². The zero-order valence-electron chi connectivity index (χ0n) is 13.6. The molecule has 0 aromatic rings. The standard InChI is InChI=1S/C17H30N2O2/c1-3-4-5-16(20)18-12-8-15(9-13-18)17(21)19-10-6-14(2)7-11-19/h14-15H,3-13H2,1-2H3. The summed E-state index contributed by atoms with van der Waals surface area (Å²) in [6.45, 7) is 7.76.